The van der Waals surface area contributed by atoms with Gasteiger partial charge in [-0.2, -0.15) is 0 Å². The van der Waals surface area contributed by atoms with Gasteiger partial charge in [0.15, 0.2) is 0 Å². The van der Waals surface area contributed by atoms with Crippen molar-refractivity contribution in [3.8, 4) is 5.75 Å². The van der Waals surface area contributed by atoms with Gasteiger partial charge in [-0.1, -0.05) is 0 Å². The molecular formula is C18H21NO6. The van der Waals surface area contributed by atoms with Gasteiger partial charge in [0.1, 0.15) is 16.9 Å². The monoisotopic (exact) mass is 347 g/mol. The summed E-state index contributed by atoms with van der Waals surface area (Å²) in [5.74, 6) is 0.0830. The van der Waals surface area contributed by atoms with Crippen LogP contribution in [0.4, 0.5) is 4.79 Å². The van der Waals surface area contributed by atoms with Crippen LogP contribution >= 0.6 is 0 Å². The highest BCUT2D eigenvalue weighted by Gasteiger charge is 2.18. The molecule has 2 rings (SSSR count). The topological polar surface area (TPSA) is 94.8 Å². The lowest BCUT2D eigenvalue weighted by Gasteiger charge is -2.18. The lowest BCUT2D eigenvalue weighted by Crippen LogP contribution is -2.25. The van der Waals surface area contributed by atoms with Crippen molar-refractivity contribution in [3.05, 3.63) is 40.2 Å². The van der Waals surface area contributed by atoms with Gasteiger partial charge in [-0.3, -0.25) is 4.79 Å². The summed E-state index contributed by atoms with van der Waals surface area (Å²) >= 11 is 0. The van der Waals surface area contributed by atoms with E-state index >= 15 is 0 Å². The molecule has 1 amide bonds. The van der Waals surface area contributed by atoms with Crippen molar-refractivity contribution < 1.29 is 23.5 Å². The minimum Gasteiger partial charge on any atom is -0.428 e. The van der Waals surface area contributed by atoms with Crippen LogP contribution in [0, 0.1) is 0 Å². The van der Waals surface area contributed by atoms with Gasteiger partial charge < -0.3 is 19.2 Å². The second kappa shape index (κ2) is 7.38. The first-order chi connectivity index (χ1) is 11.7. The van der Waals surface area contributed by atoms with E-state index in [9.17, 15) is 14.4 Å². The van der Waals surface area contributed by atoms with Gasteiger partial charge in [-0.05, 0) is 44.9 Å². The van der Waals surface area contributed by atoms with Crippen LogP contribution in [-0.4, -0.2) is 24.7 Å². The first-order valence-corrected chi connectivity index (χ1v) is 7.86. The van der Waals surface area contributed by atoms with Crippen molar-refractivity contribution in [2.45, 2.75) is 39.2 Å². The Morgan fingerprint density at radius 3 is 2.56 bits per heavy atom. The van der Waals surface area contributed by atoms with Crippen LogP contribution < -0.4 is 15.7 Å². The normalized spacial score (nSPS) is 11.2. The van der Waals surface area contributed by atoms with Crippen molar-refractivity contribution in [3.63, 3.8) is 0 Å². The SMILES string of the molecule is CNC(=O)CCc1cc(=O)oc2cc(OC(=O)OC(C)(C)C)ccc12. The van der Waals surface area contributed by atoms with E-state index < -0.39 is 17.4 Å². The average molecular weight is 347 g/mol. The van der Waals surface area contributed by atoms with Crippen LogP contribution in [-0.2, 0) is 16.0 Å². The number of hydrogen-bond donors (Lipinski definition) is 1. The number of ether oxygens (including phenoxy) is 2. The number of hydrogen-bond acceptors (Lipinski definition) is 6. The minimum atomic E-state index is -0.843. The number of benzene rings is 1. The molecule has 2 aromatic rings. The van der Waals surface area contributed by atoms with Gasteiger partial charge in [0, 0.05) is 31.0 Å². The maximum Gasteiger partial charge on any atom is 0.514 e. The van der Waals surface area contributed by atoms with Gasteiger partial charge in [-0.15, -0.1) is 0 Å². The van der Waals surface area contributed by atoms with Crippen molar-refractivity contribution in [1.29, 1.82) is 0 Å². The quantitative estimate of drug-likeness (QED) is 0.519. The van der Waals surface area contributed by atoms with E-state index in [4.69, 9.17) is 13.9 Å². The second-order valence-corrected chi connectivity index (χ2v) is 6.49. The smallest absolute Gasteiger partial charge is 0.428 e. The van der Waals surface area contributed by atoms with Gasteiger partial charge in [0.25, 0.3) is 0 Å². The first kappa shape index (κ1) is 18.5. The summed E-state index contributed by atoms with van der Waals surface area (Å²) in [6, 6.07) is 6.07. The zero-order chi connectivity index (χ0) is 18.6. The molecule has 0 aliphatic rings. The molecule has 1 aromatic carbocycles. The van der Waals surface area contributed by atoms with Crippen LogP contribution in [0.3, 0.4) is 0 Å². The number of fused-ring (bicyclic) bond motifs is 1. The summed E-state index contributed by atoms with van der Waals surface area (Å²) in [6.07, 6.45) is -0.191. The third-order valence-corrected chi connectivity index (χ3v) is 3.29. The van der Waals surface area contributed by atoms with E-state index in [0.29, 0.717) is 17.4 Å². The zero-order valence-electron chi connectivity index (χ0n) is 14.7. The third-order valence-electron chi connectivity index (χ3n) is 3.29. The summed E-state index contributed by atoms with van der Waals surface area (Å²) in [6.45, 7) is 5.19. The molecule has 1 N–H and O–H groups in total. The first-order valence-electron chi connectivity index (χ1n) is 7.86. The third kappa shape index (κ3) is 5.34. The summed E-state index contributed by atoms with van der Waals surface area (Å²) < 4.78 is 15.4. The fourth-order valence-corrected chi connectivity index (χ4v) is 2.22. The van der Waals surface area contributed by atoms with E-state index in [1.807, 2.05) is 0 Å². The molecule has 1 aromatic heterocycles. The molecule has 0 atom stereocenters. The molecule has 7 nitrogen and oxygen atoms in total. The van der Waals surface area contributed by atoms with E-state index in [0.717, 1.165) is 0 Å². The number of amides is 1. The van der Waals surface area contributed by atoms with Crippen LogP contribution in [0.2, 0.25) is 0 Å². The van der Waals surface area contributed by atoms with Gasteiger partial charge >= 0.3 is 11.8 Å². The molecule has 0 aliphatic carbocycles. The van der Waals surface area contributed by atoms with Crippen molar-refractivity contribution in [1.82, 2.24) is 5.32 Å². The van der Waals surface area contributed by atoms with E-state index in [2.05, 4.69) is 5.32 Å². The number of rotatable bonds is 4. The highest BCUT2D eigenvalue weighted by Crippen LogP contribution is 2.24. The lowest BCUT2D eigenvalue weighted by atomic mass is 10.1. The van der Waals surface area contributed by atoms with Crippen LogP contribution in [0.15, 0.2) is 33.5 Å². The largest absolute Gasteiger partial charge is 0.514 e. The zero-order valence-corrected chi connectivity index (χ0v) is 14.7. The molecule has 25 heavy (non-hydrogen) atoms. The Kier molecular flexibility index (Phi) is 5.46. The Morgan fingerprint density at radius 2 is 1.92 bits per heavy atom. The van der Waals surface area contributed by atoms with Gasteiger partial charge in [0.05, 0.1) is 0 Å². The maximum atomic E-state index is 11.7. The molecule has 0 saturated carbocycles. The Bertz CT molecular complexity index is 847. The molecule has 0 radical (unpaired) electrons. The highest BCUT2D eigenvalue weighted by atomic mass is 16.7. The second-order valence-electron chi connectivity index (χ2n) is 6.49. The Morgan fingerprint density at radius 1 is 1.20 bits per heavy atom. The number of nitrogens with one attached hydrogen (secondary N) is 1. The van der Waals surface area contributed by atoms with E-state index in [1.165, 1.54) is 12.1 Å². The standard InChI is InChI=1S/C18H21NO6/c1-18(2,3)25-17(22)23-12-6-7-13-11(5-8-15(20)19-4)9-16(21)24-14(13)10-12/h6-7,9-10H,5,8H2,1-4H3,(H,19,20). The molecule has 0 aliphatic heterocycles. The molecule has 0 bridgehead atoms. The fraction of sp³-hybridized carbons (Fsp3) is 0.389. The predicted octanol–water partition coefficient (Wildman–Crippen LogP) is 2.79. The summed E-state index contributed by atoms with van der Waals surface area (Å²) in [5.41, 5.74) is -0.235. The summed E-state index contributed by atoms with van der Waals surface area (Å²) in [5, 5.41) is 3.22. The predicted molar refractivity (Wildman–Crippen MR) is 91.7 cm³/mol. The maximum absolute atomic E-state index is 11.7. The number of carbonyl (C=O) groups excluding carboxylic acids is 2. The van der Waals surface area contributed by atoms with Crippen LogP contribution in [0.5, 0.6) is 5.75 Å². The molecular weight excluding hydrogens is 326 g/mol. The number of carbonyl (C=O) groups is 2. The van der Waals surface area contributed by atoms with E-state index in [1.54, 1.807) is 40.0 Å². The minimum absolute atomic E-state index is 0.119. The van der Waals surface area contributed by atoms with Crippen LogP contribution in [0.25, 0.3) is 11.0 Å². The van der Waals surface area contributed by atoms with Crippen LogP contribution in [0.1, 0.15) is 32.8 Å². The van der Waals surface area contributed by atoms with Crippen molar-refractivity contribution in [2.75, 3.05) is 7.05 Å². The van der Waals surface area contributed by atoms with Crippen molar-refractivity contribution in [2.24, 2.45) is 0 Å². The molecule has 134 valence electrons. The van der Waals surface area contributed by atoms with E-state index in [-0.39, 0.29) is 23.7 Å². The molecule has 0 fully saturated rings. The molecule has 0 spiro atoms. The molecule has 7 heteroatoms. The molecule has 1 heterocycles. The number of aryl methyl sites for hydroxylation is 1. The Labute approximate surface area is 144 Å². The van der Waals surface area contributed by atoms with Gasteiger partial charge in [-0.25, -0.2) is 9.59 Å². The fourth-order valence-electron chi connectivity index (χ4n) is 2.22. The van der Waals surface area contributed by atoms with Gasteiger partial charge in [0.2, 0.25) is 5.91 Å². The molecule has 0 saturated heterocycles. The highest BCUT2D eigenvalue weighted by molar-refractivity contribution is 5.83. The summed E-state index contributed by atoms with van der Waals surface area (Å²) in [4.78, 5) is 34.9. The Balaban J connectivity index is 2.26. The molecule has 0 unspecified atom stereocenters. The summed E-state index contributed by atoms with van der Waals surface area (Å²) in [7, 11) is 1.56. The lowest BCUT2D eigenvalue weighted by molar-refractivity contribution is -0.120. The Hall–Kier alpha value is -2.83. The van der Waals surface area contributed by atoms with Crippen molar-refractivity contribution >= 4 is 23.0 Å². The average Bonchev–Trinajstić information content (AvgIpc) is 2.49.